The minimum atomic E-state index is -0.884. The Morgan fingerprint density at radius 1 is 1.33 bits per heavy atom. The molecule has 1 aromatic carbocycles. The van der Waals surface area contributed by atoms with Crippen molar-refractivity contribution in [2.24, 2.45) is 16.5 Å². The average Bonchev–Trinajstić information content (AvgIpc) is 2.36. The number of aliphatic imine (C=N–C) groups is 1. The van der Waals surface area contributed by atoms with Gasteiger partial charge >= 0.3 is 5.97 Å². The van der Waals surface area contributed by atoms with Crippen molar-refractivity contribution in [2.75, 3.05) is 19.7 Å². The fourth-order valence-corrected chi connectivity index (χ4v) is 1.25. The van der Waals surface area contributed by atoms with E-state index in [0.717, 1.165) is 5.56 Å². The third-order valence-corrected chi connectivity index (χ3v) is 2.15. The molecule has 0 aliphatic rings. The van der Waals surface area contributed by atoms with Gasteiger partial charge in [0, 0.05) is 12.1 Å². The smallest absolute Gasteiger partial charge is 0.306 e. The standard InChI is InChI=1S/C12H17N3O3/c13-6-7-15-12(14)9-1-3-10(4-2-9)18-8-5-11(16)17/h1-4H,5-8,13H2,(H2,14,15)(H,16,17). The summed E-state index contributed by atoms with van der Waals surface area (Å²) >= 11 is 0. The number of aliphatic carboxylic acids is 1. The van der Waals surface area contributed by atoms with Crippen molar-refractivity contribution >= 4 is 11.8 Å². The first-order valence-electron chi connectivity index (χ1n) is 5.58. The lowest BCUT2D eigenvalue weighted by atomic mass is 10.2. The second-order valence-electron chi connectivity index (χ2n) is 3.57. The lowest BCUT2D eigenvalue weighted by molar-refractivity contribution is -0.137. The molecule has 0 atom stereocenters. The van der Waals surface area contributed by atoms with Gasteiger partial charge in [0.2, 0.25) is 0 Å². The summed E-state index contributed by atoms with van der Waals surface area (Å²) in [5, 5.41) is 8.47. The fraction of sp³-hybridized carbons (Fsp3) is 0.333. The first-order chi connectivity index (χ1) is 8.63. The number of nitrogens with two attached hydrogens (primary N) is 2. The van der Waals surface area contributed by atoms with Crippen molar-refractivity contribution in [2.45, 2.75) is 6.42 Å². The van der Waals surface area contributed by atoms with E-state index in [9.17, 15) is 4.79 Å². The number of ether oxygens (including phenoxy) is 1. The van der Waals surface area contributed by atoms with Crippen molar-refractivity contribution in [1.82, 2.24) is 0 Å². The second kappa shape index (κ2) is 7.29. The van der Waals surface area contributed by atoms with Crippen molar-refractivity contribution in [3.8, 4) is 5.75 Å². The summed E-state index contributed by atoms with van der Waals surface area (Å²) in [7, 11) is 0. The van der Waals surface area contributed by atoms with Crippen LogP contribution in [0.1, 0.15) is 12.0 Å². The topological polar surface area (TPSA) is 111 Å². The van der Waals surface area contributed by atoms with Gasteiger partial charge in [0.15, 0.2) is 0 Å². The third-order valence-electron chi connectivity index (χ3n) is 2.15. The molecule has 0 unspecified atom stereocenters. The maximum Gasteiger partial charge on any atom is 0.306 e. The summed E-state index contributed by atoms with van der Waals surface area (Å²) in [6.45, 7) is 1.09. The lowest BCUT2D eigenvalue weighted by Gasteiger charge is -2.06. The van der Waals surface area contributed by atoms with Gasteiger partial charge in [0.05, 0.1) is 19.6 Å². The highest BCUT2D eigenvalue weighted by Gasteiger charge is 2.01. The molecular weight excluding hydrogens is 234 g/mol. The van der Waals surface area contributed by atoms with Crippen molar-refractivity contribution in [1.29, 1.82) is 0 Å². The SMILES string of the molecule is NCCN=C(N)c1ccc(OCCC(=O)O)cc1. The Kier molecular flexibility index (Phi) is 5.66. The minimum absolute atomic E-state index is 0.0259. The van der Waals surface area contributed by atoms with E-state index in [1.54, 1.807) is 24.3 Å². The van der Waals surface area contributed by atoms with Gasteiger partial charge in [-0.1, -0.05) is 0 Å². The van der Waals surface area contributed by atoms with Gasteiger partial charge in [-0.15, -0.1) is 0 Å². The number of hydrogen-bond acceptors (Lipinski definition) is 4. The van der Waals surface area contributed by atoms with E-state index >= 15 is 0 Å². The first-order valence-corrected chi connectivity index (χ1v) is 5.58. The molecule has 0 bridgehead atoms. The fourth-order valence-electron chi connectivity index (χ4n) is 1.25. The number of carbonyl (C=O) groups is 1. The average molecular weight is 251 g/mol. The number of nitrogens with zero attached hydrogens (tertiary/aromatic N) is 1. The molecule has 0 aromatic heterocycles. The van der Waals surface area contributed by atoms with Crippen LogP contribution >= 0.6 is 0 Å². The predicted molar refractivity (Wildman–Crippen MR) is 68.8 cm³/mol. The molecule has 98 valence electrons. The Morgan fingerprint density at radius 3 is 2.56 bits per heavy atom. The molecule has 1 aromatic rings. The summed E-state index contributed by atoms with van der Waals surface area (Å²) in [4.78, 5) is 14.4. The summed E-state index contributed by atoms with van der Waals surface area (Å²) in [5.74, 6) is 0.147. The van der Waals surface area contributed by atoms with Gasteiger partial charge in [-0.2, -0.15) is 0 Å². The molecule has 0 aliphatic heterocycles. The molecule has 0 saturated carbocycles. The zero-order valence-electron chi connectivity index (χ0n) is 10.0. The predicted octanol–water partition coefficient (Wildman–Crippen LogP) is 0.204. The Labute approximate surface area is 105 Å². The monoisotopic (exact) mass is 251 g/mol. The molecule has 0 amide bonds. The number of hydrogen-bond donors (Lipinski definition) is 3. The summed E-state index contributed by atoms with van der Waals surface area (Å²) in [5.41, 5.74) is 11.9. The quantitative estimate of drug-likeness (QED) is 0.473. The number of amidine groups is 1. The van der Waals surface area contributed by atoms with Gasteiger partial charge in [-0.3, -0.25) is 9.79 Å². The van der Waals surface area contributed by atoms with Gasteiger partial charge in [-0.25, -0.2) is 0 Å². The highest BCUT2D eigenvalue weighted by Crippen LogP contribution is 2.12. The van der Waals surface area contributed by atoms with Crippen LogP contribution in [0.5, 0.6) is 5.75 Å². The molecule has 1 rings (SSSR count). The van der Waals surface area contributed by atoms with E-state index in [4.69, 9.17) is 21.3 Å². The summed E-state index contributed by atoms with van der Waals surface area (Å²) in [6.07, 6.45) is -0.0259. The molecule has 0 heterocycles. The Morgan fingerprint density at radius 2 is 2.00 bits per heavy atom. The largest absolute Gasteiger partial charge is 0.493 e. The van der Waals surface area contributed by atoms with Gasteiger partial charge < -0.3 is 21.3 Å². The highest BCUT2D eigenvalue weighted by molar-refractivity contribution is 5.97. The normalized spacial score (nSPS) is 11.3. The van der Waals surface area contributed by atoms with Crippen LogP contribution in [-0.4, -0.2) is 36.6 Å². The Bertz CT molecular complexity index is 415. The van der Waals surface area contributed by atoms with Crippen LogP contribution in [0.15, 0.2) is 29.3 Å². The van der Waals surface area contributed by atoms with Crippen molar-refractivity contribution < 1.29 is 14.6 Å². The van der Waals surface area contributed by atoms with Crippen LogP contribution in [0.2, 0.25) is 0 Å². The van der Waals surface area contributed by atoms with E-state index in [1.807, 2.05) is 0 Å². The van der Waals surface area contributed by atoms with Crippen molar-refractivity contribution in [3.63, 3.8) is 0 Å². The minimum Gasteiger partial charge on any atom is -0.493 e. The van der Waals surface area contributed by atoms with Crippen LogP contribution in [0.4, 0.5) is 0 Å². The molecule has 18 heavy (non-hydrogen) atoms. The number of rotatable bonds is 7. The highest BCUT2D eigenvalue weighted by atomic mass is 16.5. The second-order valence-corrected chi connectivity index (χ2v) is 3.57. The van der Waals surface area contributed by atoms with Crippen molar-refractivity contribution in [3.05, 3.63) is 29.8 Å². The molecule has 0 fully saturated rings. The Balaban J connectivity index is 2.54. The van der Waals surface area contributed by atoms with Crippen LogP contribution in [0.3, 0.4) is 0 Å². The maximum absolute atomic E-state index is 10.3. The van der Waals surface area contributed by atoms with Crippen LogP contribution in [0, 0.1) is 0 Å². The summed E-state index contributed by atoms with van der Waals surface area (Å²) in [6, 6.07) is 6.99. The van der Waals surface area contributed by atoms with Gasteiger partial charge in [0.25, 0.3) is 0 Å². The Hall–Kier alpha value is -2.08. The zero-order chi connectivity index (χ0) is 13.4. The maximum atomic E-state index is 10.3. The molecular formula is C12H17N3O3. The van der Waals surface area contributed by atoms with Crippen LogP contribution in [-0.2, 0) is 4.79 Å². The number of carboxylic acid groups (broad SMARTS) is 1. The van der Waals surface area contributed by atoms with Gasteiger partial charge in [0.1, 0.15) is 11.6 Å². The molecule has 6 heteroatoms. The van der Waals surface area contributed by atoms with Crippen LogP contribution < -0.4 is 16.2 Å². The molecule has 0 saturated heterocycles. The van der Waals surface area contributed by atoms with E-state index in [0.29, 0.717) is 24.7 Å². The third kappa shape index (κ3) is 4.84. The van der Waals surface area contributed by atoms with E-state index in [-0.39, 0.29) is 13.0 Å². The van der Waals surface area contributed by atoms with E-state index in [1.165, 1.54) is 0 Å². The molecule has 5 N–H and O–H groups in total. The number of benzene rings is 1. The molecule has 6 nitrogen and oxygen atoms in total. The van der Waals surface area contributed by atoms with Gasteiger partial charge in [-0.05, 0) is 24.3 Å². The first kappa shape index (κ1) is 14.0. The zero-order valence-corrected chi connectivity index (χ0v) is 10.0. The molecule has 0 radical (unpaired) electrons. The lowest BCUT2D eigenvalue weighted by Crippen LogP contribution is -2.16. The molecule has 0 aliphatic carbocycles. The van der Waals surface area contributed by atoms with E-state index < -0.39 is 5.97 Å². The summed E-state index contributed by atoms with van der Waals surface area (Å²) < 4.78 is 5.25. The van der Waals surface area contributed by atoms with Crippen LogP contribution in [0.25, 0.3) is 0 Å². The molecule has 0 spiro atoms. The van der Waals surface area contributed by atoms with E-state index in [2.05, 4.69) is 4.99 Å². The number of carboxylic acids is 1.